The smallest absolute Gasteiger partial charge is 0.249 e. The van der Waals surface area contributed by atoms with E-state index >= 15 is 0 Å². The molecule has 1 aromatic heterocycles. The molecular weight excluding hydrogens is 351 g/mol. The number of nitrogens with zero attached hydrogens (tertiary/aromatic N) is 5. The van der Waals surface area contributed by atoms with Crippen LogP contribution in [0.2, 0.25) is 10.0 Å². The summed E-state index contributed by atoms with van der Waals surface area (Å²) in [4.78, 5) is 19.8. The zero-order valence-corrected chi connectivity index (χ0v) is 14.5. The number of amides is 1. The van der Waals surface area contributed by atoms with Crippen LogP contribution in [0.5, 0.6) is 0 Å². The summed E-state index contributed by atoms with van der Waals surface area (Å²) in [5, 5.41) is 12.0. The second kappa shape index (κ2) is 7.19. The number of carbonyl (C=O) groups is 1. The van der Waals surface area contributed by atoms with E-state index in [0.29, 0.717) is 42.2 Å². The van der Waals surface area contributed by atoms with Crippen molar-refractivity contribution in [1.29, 1.82) is 0 Å². The standard InChI is InChI=1S/C15H16Cl2N6O/c1-10(24)22-4-6-23(7-5-22)14-9-18-21-15(20-14)19-11-2-3-12(16)13(17)8-11/h2-3,8-9H,4-7H2,1H3,(H,19,20,21). The van der Waals surface area contributed by atoms with E-state index in [-0.39, 0.29) is 5.91 Å². The first kappa shape index (κ1) is 16.7. The van der Waals surface area contributed by atoms with Crippen LogP contribution in [-0.4, -0.2) is 52.2 Å². The molecule has 1 amide bonds. The van der Waals surface area contributed by atoms with Crippen LogP contribution in [0.3, 0.4) is 0 Å². The number of nitrogens with one attached hydrogen (secondary N) is 1. The molecule has 0 bridgehead atoms. The molecule has 126 valence electrons. The van der Waals surface area contributed by atoms with Crippen LogP contribution in [0.1, 0.15) is 6.92 Å². The maximum absolute atomic E-state index is 11.4. The summed E-state index contributed by atoms with van der Waals surface area (Å²) in [5.74, 6) is 1.19. The minimum atomic E-state index is 0.0948. The van der Waals surface area contributed by atoms with Crippen molar-refractivity contribution in [1.82, 2.24) is 20.1 Å². The SMILES string of the molecule is CC(=O)N1CCN(c2cnnc(Nc3ccc(Cl)c(Cl)c3)n2)CC1. The molecule has 2 heterocycles. The van der Waals surface area contributed by atoms with Gasteiger partial charge in [0.15, 0.2) is 5.82 Å². The first-order valence-corrected chi connectivity index (χ1v) is 8.21. The number of benzene rings is 1. The molecule has 1 N–H and O–H groups in total. The lowest BCUT2D eigenvalue weighted by molar-refractivity contribution is -0.129. The molecule has 3 rings (SSSR count). The summed E-state index contributed by atoms with van der Waals surface area (Å²) in [5.41, 5.74) is 0.727. The minimum Gasteiger partial charge on any atom is -0.352 e. The number of rotatable bonds is 3. The molecule has 1 fully saturated rings. The zero-order valence-electron chi connectivity index (χ0n) is 13.0. The van der Waals surface area contributed by atoms with Gasteiger partial charge in [0.1, 0.15) is 0 Å². The Balaban J connectivity index is 1.70. The molecule has 0 aliphatic carbocycles. The lowest BCUT2D eigenvalue weighted by atomic mass is 10.3. The topological polar surface area (TPSA) is 74.2 Å². The first-order chi connectivity index (χ1) is 11.5. The van der Waals surface area contributed by atoms with Gasteiger partial charge in [-0.3, -0.25) is 4.79 Å². The van der Waals surface area contributed by atoms with Gasteiger partial charge in [0, 0.05) is 38.8 Å². The Hall–Kier alpha value is -2.12. The van der Waals surface area contributed by atoms with Crippen LogP contribution < -0.4 is 10.2 Å². The molecule has 7 nitrogen and oxygen atoms in total. The number of carbonyl (C=O) groups excluding carboxylic acids is 1. The number of halogens is 2. The van der Waals surface area contributed by atoms with Gasteiger partial charge in [0.05, 0.1) is 16.2 Å². The van der Waals surface area contributed by atoms with Gasteiger partial charge in [-0.25, -0.2) is 0 Å². The fourth-order valence-corrected chi connectivity index (χ4v) is 2.75. The molecule has 0 saturated carbocycles. The van der Waals surface area contributed by atoms with Gasteiger partial charge in [0.2, 0.25) is 11.9 Å². The monoisotopic (exact) mass is 366 g/mol. The van der Waals surface area contributed by atoms with E-state index in [1.54, 1.807) is 31.3 Å². The quantitative estimate of drug-likeness (QED) is 0.899. The van der Waals surface area contributed by atoms with Crippen molar-refractivity contribution >= 4 is 46.6 Å². The predicted octanol–water partition coefficient (Wildman–Crippen LogP) is 2.59. The van der Waals surface area contributed by atoms with Crippen molar-refractivity contribution in [3.8, 4) is 0 Å². The molecule has 1 saturated heterocycles. The molecule has 0 radical (unpaired) electrons. The fourth-order valence-electron chi connectivity index (χ4n) is 2.45. The number of hydrogen-bond donors (Lipinski definition) is 1. The summed E-state index contributed by atoms with van der Waals surface area (Å²) >= 11 is 11.9. The van der Waals surface area contributed by atoms with E-state index in [0.717, 1.165) is 11.5 Å². The van der Waals surface area contributed by atoms with Crippen LogP contribution in [0, 0.1) is 0 Å². The third-order valence-corrected chi connectivity index (χ3v) is 4.51. The third-order valence-electron chi connectivity index (χ3n) is 3.77. The highest BCUT2D eigenvalue weighted by Crippen LogP contribution is 2.26. The summed E-state index contributed by atoms with van der Waals surface area (Å²) in [6, 6.07) is 5.19. The average Bonchev–Trinajstić information content (AvgIpc) is 2.58. The Labute approximate surface area is 149 Å². The largest absolute Gasteiger partial charge is 0.352 e. The number of hydrogen-bond acceptors (Lipinski definition) is 6. The van der Waals surface area contributed by atoms with Gasteiger partial charge >= 0.3 is 0 Å². The molecule has 0 spiro atoms. The summed E-state index contributed by atoms with van der Waals surface area (Å²) in [6.07, 6.45) is 1.61. The Morgan fingerprint density at radius 2 is 1.92 bits per heavy atom. The van der Waals surface area contributed by atoms with E-state index < -0.39 is 0 Å². The second-order valence-corrected chi connectivity index (χ2v) is 6.20. The van der Waals surface area contributed by atoms with Crippen molar-refractivity contribution in [3.05, 3.63) is 34.4 Å². The molecule has 0 unspecified atom stereocenters. The van der Waals surface area contributed by atoms with E-state index in [1.807, 2.05) is 4.90 Å². The lowest BCUT2D eigenvalue weighted by Crippen LogP contribution is -2.48. The van der Waals surface area contributed by atoms with Gasteiger partial charge in [-0.1, -0.05) is 23.2 Å². The van der Waals surface area contributed by atoms with Crippen molar-refractivity contribution in [2.24, 2.45) is 0 Å². The van der Waals surface area contributed by atoms with Crippen LogP contribution >= 0.6 is 23.2 Å². The maximum Gasteiger partial charge on any atom is 0.249 e. The predicted molar refractivity (Wildman–Crippen MR) is 94.0 cm³/mol. The molecule has 24 heavy (non-hydrogen) atoms. The molecule has 1 aromatic carbocycles. The highest BCUT2D eigenvalue weighted by Gasteiger charge is 2.20. The number of aromatic nitrogens is 3. The van der Waals surface area contributed by atoms with Gasteiger partial charge in [-0.05, 0) is 18.2 Å². The molecule has 0 atom stereocenters. The van der Waals surface area contributed by atoms with Crippen molar-refractivity contribution in [3.63, 3.8) is 0 Å². The van der Waals surface area contributed by atoms with Crippen LogP contribution in [-0.2, 0) is 4.79 Å². The maximum atomic E-state index is 11.4. The van der Waals surface area contributed by atoms with E-state index in [1.165, 1.54) is 0 Å². The van der Waals surface area contributed by atoms with Gasteiger partial charge < -0.3 is 15.1 Å². The molecule has 1 aliphatic rings. The first-order valence-electron chi connectivity index (χ1n) is 7.45. The Kier molecular flexibility index (Phi) is 5.01. The number of anilines is 3. The summed E-state index contributed by atoms with van der Waals surface area (Å²) < 4.78 is 0. The van der Waals surface area contributed by atoms with Crippen LogP contribution in [0.4, 0.5) is 17.5 Å². The second-order valence-electron chi connectivity index (χ2n) is 5.39. The summed E-state index contributed by atoms with van der Waals surface area (Å²) in [6.45, 7) is 4.36. The van der Waals surface area contributed by atoms with E-state index in [9.17, 15) is 4.79 Å². The Morgan fingerprint density at radius 1 is 1.17 bits per heavy atom. The van der Waals surface area contributed by atoms with E-state index in [2.05, 4.69) is 25.4 Å². The van der Waals surface area contributed by atoms with Crippen molar-refractivity contribution in [2.45, 2.75) is 6.92 Å². The van der Waals surface area contributed by atoms with Crippen LogP contribution in [0.25, 0.3) is 0 Å². The molecule has 2 aromatic rings. The average molecular weight is 367 g/mol. The highest BCUT2D eigenvalue weighted by atomic mass is 35.5. The zero-order chi connectivity index (χ0) is 17.1. The highest BCUT2D eigenvalue weighted by molar-refractivity contribution is 6.42. The minimum absolute atomic E-state index is 0.0948. The van der Waals surface area contributed by atoms with Crippen LogP contribution in [0.15, 0.2) is 24.4 Å². The van der Waals surface area contributed by atoms with Crippen molar-refractivity contribution < 1.29 is 4.79 Å². The summed E-state index contributed by atoms with van der Waals surface area (Å²) in [7, 11) is 0. The third kappa shape index (κ3) is 3.85. The molecule has 1 aliphatic heterocycles. The fraction of sp³-hybridized carbons (Fsp3) is 0.333. The van der Waals surface area contributed by atoms with Gasteiger partial charge in [0.25, 0.3) is 0 Å². The van der Waals surface area contributed by atoms with Gasteiger partial charge in [-0.2, -0.15) is 10.1 Å². The normalized spacial score (nSPS) is 14.6. The van der Waals surface area contributed by atoms with Crippen molar-refractivity contribution in [2.75, 3.05) is 36.4 Å². The Bertz CT molecular complexity index is 748. The lowest BCUT2D eigenvalue weighted by Gasteiger charge is -2.34. The number of piperazine rings is 1. The van der Waals surface area contributed by atoms with Gasteiger partial charge in [-0.15, -0.1) is 5.10 Å². The van der Waals surface area contributed by atoms with E-state index in [4.69, 9.17) is 23.2 Å². The Morgan fingerprint density at radius 3 is 2.58 bits per heavy atom. The molecular formula is C15H16Cl2N6O. The molecule has 9 heteroatoms.